The van der Waals surface area contributed by atoms with Gasteiger partial charge in [0.1, 0.15) is 5.75 Å². The highest BCUT2D eigenvalue weighted by Gasteiger charge is 2.23. The second-order valence-corrected chi connectivity index (χ2v) is 4.67. The van der Waals surface area contributed by atoms with Crippen molar-refractivity contribution in [3.05, 3.63) is 41.5 Å². The van der Waals surface area contributed by atoms with Gasteiger partial charge in [-0.1, -0.05) is 24.3 Å². The Morgan fingerprint density at radius 1 is 1.29 bits per heavy atom. The van der Waals surface area contributed by atoms with Crippen LogP contribution in [0.2, 0.25) is 0 Å². The van der Waals surface area contributed by atoms with E-state index in [4.69, 9.17) is 10.5 Å². The van der Waals surface area contributed by atoms with E-state index in [1.54, 1.807) is 7.11 Å². The molecule has 0 aromatic heterocycles. The summed E-state index contributed by atoms with van der Waals surface area (Å²) in [5, 5.41) is 2.67. The van der Waals surface area contributed by atoms with Crippen molar-refractivity contribution in [1.82, 2.24) is 0 Å². The summed E-state index contributed by atoms with van der Waals surface area (Å²) in [6.07, 6.45) is 2.25. The normalized spacial score (nSPS) is 18.4. The first-order valence-corrected chi connectivity index (χ1v) is 6.13. The molecule has 3 rings (SSSR count). The van der Waals surface area contributed by atoms with E-state index in [0.29, 0.717) is 12.5 Å². The van der Waals surface area contributed by atoms with Crippen molar-refractivity contribution >= 4 is 10.8 Å². The molecule has 0 heterocycles. The van der Waals surface area contributed by atoms with Crippen molar-refractivity contribution in [2.24, 2.45) is 5.73 Å². The zero-order chi connectivity index (χ0) is 11.8. The predicted octanol–water partition coefficient (Wildman–Crippen LogP) is 2.84. The molecular formula is C15H17NO. The standard InChI is InChI=1S/C15H17NO/c1-17-13-8-7-11-4-2-3-10-5-6-12(9-16)15(13)14(10)11/h2-4,7-8,12H,5-6,9,16H2,1H3/t12-/m0/s1. The Bertz CT molecular complexity index is 562. The molecule has 2 N–H and O–H groups in total. The van der Waals surface area contributed by atoms with E-state index in [1.807, 2.05) is 0 Å². The molecule has 88 valence electrons. The first kappa shape index (κ1) is 10.6. The molecule has 0 aliphatic heterocycles. The number of ether oxygens (including phenoxy) is 1. The lowest BCUT2D eigenvalue weighted by molar-refractivity contribution is 0.404. The van der Waals surface area contributed by atoms with E-state index in [1.165, 1.54) is 21.9 Å². The molecule has 2 heteroatoms. The second-order valence-electron chi connectivity index (χ2n) is 4.67. The smallest absolute Gasteiger partial charge is 0.123 e. The minimum Gasteiger partial charge on any atom is -0.496 e. The highest BCUT2D eigenvalue weighted by atomic mass is 16.5. The van der Waals surface area contributed by atoms with Crippen molar-refractivity contribution in [3.8, 4) is 5.75 Å². The lowest BCUT2D eigenvalue weighted by Crippen LogP contribution is -2.18. The van der Waals surface area contributed by atoms with Crippen LogP contribution in [-0.4, -0.2) is 13.7 Å². The molecule has 0 saturated carbocycles. The maximum atomic E-state index is 5.90. The Balaban J connectivity index is 2.38. The van der Waals surface area contributed by atoms with Gasteiger partial charge in [0.25, 0.3) is 0 Å². The van der Waals surface area contributed by atoms with Gasteiger partial charge in [-0.25, -0.2) is 0 Å². The minimum atomic E-state index is 0.434. The van der Waals surface area contributed by atoms with Gasteiger partial charge in [-0.2, -0.15) is 0 Å². The van der Waals surface area contributed by atoms with Gasteiger partial charge in [0.15, 0.2) is 0 Å². The topological polar surface area (TPSA) is 35.2 Å². The molecule has 1 atom stereocenters. The van der Waals surface area contributed by atoms with Gasteiger partial charge in [0, 0.05) is 11.5 Å². The van der Waals surface area contributed by atoms with Crippen molar-refractivity contribution in [1.29, 1.82) is 0 Å². The Morgan fingerprint density at radius 3 is 2.94 bits per heavy atom. The van der Waals surface area contributed by atoms with E-state index in [-0.39, 0.29) is 0 Å². The van der Waals surface area contributed by atoms with Crippen LogP contribution in [0, 0.1) is 0 Å². The highest BCUT2D eigenvalue weighted by molar-refractivity contribution is 5.92. The molecule has 2 aromatic carbocycles. The number of methoxy groups -OCH3 is 1. The number of nitrogens with two attached hydrogens (primary N) is 1. The number of hydrogen-bond donors (Lipinski definition) is 1. The summed E-state index contributed by atoms with van der Waals surface area (Å²) in [5.74, 6) is 1.42. The van der Waals surface area contributed by atoms with E-state index >= 15 is 0 Å². The van der Waals surface area contributed by atoms with Crippen LogP contribution in [0.4, 0.5) is 0 Å². The molecule has 17 heavy (non-hydrogen) atoms. The summed E-state index contributed by atoms with van der Waals surface area (Å²) in [5.41, 5.74) is 8.65. The molecule has 0 fully saturated rings. The molecule has 0 spiro atoms. The first-order valence-electron chi connectivity index (χ1n) is 6.13. The monoisotopic (exact) mass is 227 g/mol. The fourth-order valence-electron chi connectivity index (χ4n) is 2.97. The molecule has 2 nitrogen and oxygen atoms in total. The SMILES string of the molecule is COc1ccc2cccc3c2c1[C@H](CN)CC3. The van der Waals surface area contributed by atoms with E-state index in [0.717, 1.165) is 18.6 Å². The number of hydrogen-bond acceptors (Lipinski definition) is 2. The summed E-state index contributed by atoms with van der Waals surface area (Å²) in [6, 6.07) is 10.7. The Morgan fingerprint density at radius 2 is 2.18 bits per heavy atom. The van der Waals surface area contributed by atoms with E-state index < -0.39 is 0 Å². The van der Waals surface area contributed by atoms with Gasteiger partial charge < -0.3 is 10.5 Å². The van der Waals surface area contributed by atoms with Crippen LogP contribution < -0.4 is 10.5 Å². The van der Waals surface area contributed by atoms with Gasteiger partial charge in [-0.15, -0.1) is 0 Å². The Kier molecular flexibility index (Phi) is 2.52. The molecule has 0 saturated heterocycles. The second kappa shape index (κ2) is 4.04. The maximum Gasteiger partial charge on any atom is 0.123 e. The third kappa shape index (κ3) is 1.52. The molecule has 0 amide bonds. The van der Waals surface area contributed by atoms with Crippen LogP contribution in [0.3, 0.4) is 0 Å². The van der Waals surface area contributed by atoms with Crippen LogP contribution in [0.15, 0.2) is 30.3 Å². The van der Waals surface area contributed by atoms with Crippen molar-refractivity contribution in [2.45, 2.75) is 18.8 Å². The van der Waals surface area contributed by atoms with Crippen LogP contribution in [0.5, 0.6) is 5.75 Å². The predicted molar refractivity (Wildman–Crippen MR) is 70.6 cm³/mol. The molecule has 1 aliphatic carbocycles. The first-order chi connectivity index (χ1) is 8.35. The van der Waals surface area contributed by atoms with Crippen molar-refractivity contribution < 1.29 is 4.74 Å². The van der Waals surface area contributed by atoms with Gasteiger partial charge in [0.05, 0.1) is 7.11 Å². The average Bonchev–Trinajstić information content (AvgIpc) is 2.40. The molecule has 0 unspecified atom stereocenters. The fourth-order valence-corrected chi connectivity index (χ4v) is 2.97. The largest absolute Gasteiger partial charge is 0.496 e. The minimum absolute atomic E-state index is 0.434. The zero-order valence-electron chi connectivity index (χ0n) is 10.1. The summed E-state index contributed by atoms with van der Waals surface area (Å²) >= 11 is 0. The number of rotatable bonds is 2. The maximum absolute atomic E-state index is 5.90. The fraction of sp³-hybridized carbons (Fsp3) is 0.333. The molecule has 2 aromatic rings. The van der Waals surface area contributed by atoms with Gasteiger partial charge in [0.2, 0.25) is 0 Å². The van der Waals surface area contributed by atoms with Crippen molar-refractivity contribution in [2.75, 3.05) is 13.7 Å². The van der Waals surface area contributed by atoms with Crippen LogP contribution in [0.25, 0.3) is 10.8 Å². The van der Waals surface area contributed by atoms with Crippen molar-refractivity contribution in [3.63, 3.8) is 0 Å². The van der Waals surface area contributed by atoms with Gasteiger partial charge in [-0.3, -0.25) is 0 Å². The van der Waals surface area contributed by atoms with E-state index in [2.05, 4.69) is 30.3 Å². The van der Waals surface area contributed by atoms with E-state index in [9.17, 15) is 0 Å². The summed E-state index contributed by atoms with van der Waals surface area (Å²) < 4.78 is 5.51. The van der Waals surface area contributed by atoms with Gasteiger partial charge >= 0.3 is 0 Å². The highest BCUT2D eigenvalue weighted by Crippen LogP contribution is 2.41. The number of aryl methyl sites for hydroxylation is 1. The van der Waals surface area contributed by atoms with Crippen LogP contribution in [-0.2, 0) is 6.42 Å². The quantitative estimate of drug-likeness (QED) is 0.856. The Labute approximate surface area is 101 Å². The summed E-state index contributed by atoms with van der Waals surface area (Å²) in [6.45, 7) is 0.698. The van der Waals surface area contributed by atoms with Crippen LogP contribution in [0.1, 0.15) is 23.5 Å². The summed E-state index contributed by atoms with van der Waals surface area (Å²) in [7, 11) is 1.74. The molecule has 1 aliphatic rings. The third-order valence-corrected chi connectivity index (χ3v) is 3.81. The van der Waals surface area contributed by atoms with Crippen LogP contribution >= 0.6 is 0 Å². The molecule has 0 radical (unpaired) electrons. The lowest BCUT2D eigenvalue weighted by atomic mass is 9.81. The zero-order valence-corrected chi connectivity index (χ0v) is 10.1. The summed E-state index contributed by atoms with van der Waals surface area (Å²) in [4.78, 5) is 0. The number of benzene rings is 2. The lowest BCUT2D eigenvalue weighted by Gasteiger charge is -2.26. The third-order valence-electron chi connectivity index (χ3n) is 3.81. The Hall–Kier alpha value is -1.54. The van der Waals surface area contributed by atoms with Gasteiger partial charge in [-0.05, 0) is 41.8 Å². The molecular weight excluding hydrogens is 210 g/mol. The average molecular weight is 227 g/mol. The molecule has 0 bridgehead atoms.